The Hall–Kier alpha value is -3.15. The van der Waals surface area contributed by atoms with Crippen LogP contribution in [-0.2, 0) is 11.2 Å². The SMILES string of the molecule is CCCCc1ccc(C(=O)N2CCC[C@H]2C(=O)NCCCNC(=O)c2ccccc2)cc1. The summed E-state index contributed by atoms with van der Waals surface area (Å²) >= 11 is 0. The second-order valence-corrected chi connectivity index (χ2v) is 8.22. The lowest BCUT2D eigenvalue weighted by molar-refractivity contribution is -0.124. The summed E-state index contributed by atoms with van der Waals surface area (Å²) in [6, 6.07) is 16.4. The van der Waals surface area contributed by atoms with E-state index in [1.807, 2.05) is 42.5 Å². The predicted octanol–water partition coefficient (Wildman–Crippen LogP) is 3.57. The van der Waals surface area contributed by atoms with Crippen molar-refractivity contribution in [2.45, 2.75) is 51.5 Å². The van der Waals surface area contributed by atoms with Crippen molar-refractivity contribution < 1.29 is 14.4 Å². The Morgan fingerprint density at radius 2 is 1.62 bits per heavy atom. The zero-order chi connectivity index (χ0) is 22.8. The van der Waals surface area contributed by atoms with Gasteiger partial charge in [0.1, 0.15) is 6.04 Å². The van der Waals surface area contributed by atoms with Crippen molar-refractivity contribution in [2.24, 2.45) is 0 Å². The van der Waals surface area contributed by atoms with E-state index in [0.717, 1.165) is 25.7 Å². The number of rotatable bonds is 10. The molecule has 6 heteroatoms. The van der Waals surface area contributed by atoms with Crippen molar-refractivity contribution in [1.82, 2.24) is 15.5 Å². The summed E-state index contributed by atoms with van der Waals surface area (Å²) in [5.74, 6) is -0.324. The Balaban J connectivity index is 1.43. The van der Waals surface area contributed by atoms with E-state index in [-0.39, 0.29) is 17.7 Å². The van der Waals surface area contributed by atoms with E-state index in [2.05, 4.69) is 17.6 Å². The summed E-state index contributed by atoms with van der Waals surface area (Å²) in [6.45, 7) is 3.70. The minimum absolute atomic E-state index is 0.0835. The molecule has 1 atom stereocenters. The standard InChI is InChI=1S/C26H33N3O3/c1-2-3-9-20-13-15-22(16-14-20)26(32)29-19-7-12-23(29)25(31)28-18-8-17-27-24(30)21-10-5-4-6-11-21/h4-6,10-11,13-16,23H,2-3,7-9,12,17-19H2,1H3,(H,27,30)(H,28,31)/t23-/m0/s1. The molecule has 0 aromatic heterocycles. The maximum absolute atomic E-state index is 13.0. The van der Waals surface area contributed by atoms with Crippen molar-refractivity contribution in [3.63, 3.8) is 0 Å². The molecule has 0 unspecified atom stereocenters. The van der Waals surface area contributed by atoms with Gasteiger partial charge in [0, 0.05) is 30.8 Å². The van der Waals surface area contributed by atoms with Gasteiger partial charge in [0.05, 0.1) is 0 Å². The zero-order valence-corrected chi connectivity index (χ0v) is 18.8. The van der Waals surface area contributed by atoms with Crippen LogP contribution in [0, 0.1) is 0 Å². The van der Waals surface area contributed by atoms with Gasteiger partial charge in [-0.1, -0.05) is 43.7 Å². The number of likely N-dealkylation sites (tertiary alicyclic amines) is 1. The van der Waals surface area contributed by atoms with E-state index in [1.54, 1.807) is 17.0 Å². The smallest absolute Gasteiger partial charge is 0.254 e. The van der Waals surface area contributed by atoms with Gasteiger partial charge in [-0.2, -0.15) is 0 Å². The van der Waals surface area contributed by atoms with Gasteiger partial charge >= 0.3 is 0 Å². The average molecular weight is 436 g/mol. The highest BCUT2D eigenvalue weighted by Crippen LogP contribution is 2.21. The van der Waals surface area contributed by atoms with Crippen molar-refractivity contribution in [1.29, 1.82) is 0 Å². The summed E-state index contributed by atoms with van der Waals surface area (Å²) in [6.07, 6.45) is 5.43. The van der Waals surface area contributed by atoms with Crippen molar-refractivity contribution in [2.75, 3.05) is 19.6 Å². The first-order chi connectivity index (χ1) is 15.6. The molecule has 2 N–H and O–H groups in total. The molecule has 1 saturated heterocycles. The van der Waals surface area contributed by atoms with E-state index in [9.17, 15) is 14.4 Å². The summed E-state index contributed by atoms with van der Waals surface area (Å²) in [7, 11) is 0. The van der Waals surface area contributed by atoms with Gasteiger partial charge in [-0.15, -0.1) is 0 Å². The van der Waals surface area contributed by atoms with Crippen LogP contribution < -0.4 is 10.6 Å². The fraction of sp³-hybridized carbons (Fsp3) is 0.423. The molecule has 0 radical (unpaired) electrons. The molecule has 1 heterocycles. The van der Waals surface area contributed by atoms with E-state index < -0.39 is 6.04 Å². The van der Waals surface area contributed by atoms with Gasteiger partial charge in [-0.3, -0.25) is 14.4 Å². The van der Waals surface area contributed by atoms with Gasteiger partial charge in [0.25, 0.3) is 11.8 Å². The number of unbranched alkanes of at least 4 members (excludes halogenated alkanes) is 1. The third kappa shape index (κ3) is 6.42. The molecular formula is C26H33N3O3. The molecule has 3 amide bonds. The van der Waals surface area contributed by atoms with Crippen LogP contribution in [0.25, 0.3) is 0 Å². The Bertz CT molecular complexity index is 896. The molecule has 0 aliphatic carbocycles. The van der Waals surface area contributed by atoms with Gasteiger partial charge in [0.2, 0.25) is 5.91 Å². The van der Waals surface area contributed by atoms with Crippen LogP contribution in [0.1, 0.15) is 65.3 Å². The molecule has 6 nitrogen and oxygen atoms in total. The average Bonchev–Trinajstić information content (AvgIpc) is 3.33. The molecule has 1 fully saturated rings. The Morgan fingerprint density at radius 1 is 0.906 bits per heavy atom. The highest BCUT2D eigenvalue weighted by molar-refractivity contribution is 5.98. The van der Waals surface area contributed by atoms with Crippen molar-refractivity contribution in [3.05, 3.63) is 71.3 Å². The number of amides is 3. The number of nitrogens with zero attached hydrogens (tertiary/aromatic N) is 1. The van der Waals surface area contributed by atoms with Gasteiger partial charge in [-0.05, 0) is 61.9 Å². The topological polar surface area (TPSA) is 78.5 Å². The van der Waals surface area contributed by atoms with Crippen LogP contribution in [0.4, 0.5) is 0 Å². The first-order valence-electron chi connectivity index (χ1n) is 11.6. The van der Waals surface area contributed by atoms with Crippen LogP contribution >= 0.6 is 0 Å². The summed E-state index contributed by atoms with van der Waals surface area (Å²) < 4.78 is 0. The lowest BCUT2D eigenvalue weighted by Gasteiger charge is -2.24. The molecule has 1 aliphatic rings. The van der Waals surface area contributed by atoms with E-state index in [1.165, 1.54) is 5.56 Å². The summed E-state index contributed by atoms with van der Waals surface area (Å²) in [4.78, 5) is 39.4. The number of carbonyl (C=O) groups excluding carboxylic acids is 3. The molecule has 2 aromatic rings. The van der Waals surface area contributed by atoms with Crippen LogP contribution in [0.3, 0.4) is 0 Å². The molecule has 0 bridgehead atoms. The Morgan fingerprint density at radius 3 is 2.34 bits per heavy atom. The second kappa shape index (κ2) is 12.0. The second-order valence-electron chi connectivity index (χ2n) is 8.22. The molecule has 170 valence electrons. The molecule has 0 spiro atoms. The first kappa shape index (κ1) is 23.5. The summed E-state index contributed by atoms with van der Waals surface area (Å²) in [5.41, 5.74) is 2.49. The number of hydrogen-bond acceptors (Lipinski definition) is 3. The van der Waals surface area contributed by atoms with Crippen LogP contribution in [0.15, 0.2) is 54.6 Å². The molecule has 2 aromatic carbocycles. The highest BCUT2D eigenvalue weighted by Gasteiger charge is 2.34. The fourth-order valence-electron chi connectivity index (χ4n) is 3.95. The minimum Gasteiger partial charge on any atom is -0.354 e. The number of benzene rings is 2. The van der Waals surface area contributed by atoms with Crippen LogP contribution in [0.5, 0.6) is 0 Å². The maximum Gasteiger partial charge on any atom is 0.254 e. The normalized spacial score (nSPS) is 15.4. The molecule has 3 rings (SSSR count). The molecular weight excluding hydrogens is 402 g/mol. The third-order valence-electron chi connectivity index (χ3n) is 5.81. The van der Waals surface area contributed by atoms with E-state index in [4.69, 9.17) is 0 Å². The number of aryl methyl sites for hydroxylation is 1. The van der Waals surface area contributed by atoms with Crippen molar-refractivity contribution >= 4 is 17.7 Å². The molecule has 1 aliphatic heterocycles. The summed E-state index contributed by atoms with van der Waals surface area (Å²) in [5, 5.41) is 5.78. The third-order valence-corrected chi connectivity index (χ3v) is 5.81. The van der Waals surface area contributed by atoms with Crippen molar-refractivity contribution in [3.8, 4) is 0 Å². The minimum atomic E-state index is -0.429. The Labute approximate surface area is 190 Å². The van der Waals surface area contributed by atoms with E-state index in [0.29, 0.717) is 43.6 Å². The highest BCUT2D eigenvalue weighted by atomic mass is 16.2. The lowest BCUT2D eigenvalue weighted by Crippen LogP contribution is -2.46. The van der Waals surface area contributed by atoms with Gasteiger partial charge in [0.15, 0.2) is 0 Å². The van der Waals surface area contributed by atoms with Gasteiger partial charge in [-0.25, -0.2) is 0 Å². The van der Waals surface area contributed by atoms with E-state index >= 15 is 0 Å². The monoisotopic (exact) mass is 435 g/mol. The van der Waals surface area contributed by atoms with Crippen LogP contribution in [-0.4, -0.2) is 48.3 Å². The number of carbonyl (C=O) groups is 3. The first-order valence-corrected chi connectivity index (χ1v) is 11.6. The number of nitrogens with one attached hydrogen (secondary N) is 2. The van der Waals surface area contributed by atoms with Gasteiger partial charge < -0.3 is 15.5 Å². The maximum atomic E-state index is 13.0. The quantitative estimate of drug-likeness (QED) is 0.560. The van der Waals surface area contributed by atoms with Crippen LogP contribution in [0.2, 0.25) is 0 Å². The zero-order valence-electron chi connectivity index (χ0n) is 18.8. The number of hydrogen-bond donors (Lipinski definition) is 2. The molecule has 32 heavy (non-hydrogen) atoms. The lowest BCUT2D eigenvalue weighted by atomic mass is 10.1. The fourth-order valence-corrected chi connectivity index (χ4v) is 3.95. The largest absolute Gasteiger partial charge is 0.354 e. The Kier molecular flexibility index (Phi) is 8.84. The molecule has 0 saturated carbocycles. The predicted molar refractivity (Wildman–Crippen MR) is 126 cm³/mol.